The second kappa shape index (κ2) is 13.2. The van der Waals surface area contributed by atoms with Crippen molar-refractivity contribution in [1.82, 2.24) is 16.0 Å². The van der Waals surface area contributed by atoms with E-state index < -0.39 is 72.2 Å². The number of hydrogen-bond donors (Lipinski definition) is 8. The van der Waals surface area contributed by atoms with Gasteiger partial charge in [-0.15, -0.1) is 0 Å². The Balaban J connectivity index is 5.47. The number of primary amides is 2. The minimum absolute atomic E-state index is 0.269. The summed E-state index contributed by atoms with van der Waals surface area (Å²) in [5.74, 6) is -6.36. The van der Waals surface area contributed by atoms with Crippen LogP contribution in [0.2, 0.25) is 0 Å². The number of hydrogen-bond acceptors (Lipinski definition) is 8. The predicted molar refractivity (Wildman–Crippen MR) is 110 cm³/mol. The summed E-state index contributed by atoms with van der Waals surface area (Å²) in [5, 5.41) is 25.6. The molecule has 5 amide bonds. The summed E-state index contributed by atoms with van der Waals surface area (Å²) in [7, 11) is 0. The molecule has 0 spiro atoms. The van der Waals surface area contributed by atoms with Crippen molar-refractivity contribution in [2.75, 3.05) is 0 Å². The van der Waals surface area contributed by atoms with Gasteiger partial charge in [-0.05, 0) is 19.3 Å². The molecule has 0 heterocycles. The van der Waals surface area contributed by atoms with Gasteiger partial charge in [0.1, 0.15) is 18.1 Å². The van der Waals surface area contributed by atoms with Crippen molar-refractivity contribution in [3.63, 3.8) is 0 Å². The van der Waals surface area contributed by atoms with Crippen molar-refractivity contribution < 1.29 is 39.0 Å². The molecule has 182 valence electrons. The molecule has 5 unspecified atom stereocenters. The van der Waals surface area contributed by atoms with Gasteiger partial charge in [-0.2, -0.15) is 0 Å². The molecule has 32 heavy (non-hydrogen) atoms. The van der Waals surface area contributed by atoms with Crippen LogP contribution in [0.1, 0.15) is 40.0 Å². The lowest BCUT2D eigenvalue weighted by atomic mass is 10.0. The van der Waals surface area contributed by atoms with Crippen LogP contribution in [0.4, 0.5) is 0 Å². The number of amides is 5. The van der Waals surface area contributed by atoms with Crippen LogP contribution in [0.5, 0.6) is 0 Å². The minimum atomic E-state index is -1.62. The van der Waals surface area contributed by atoms with E-state index in [0.29, 0.717) is 0 Å². The zero-order valence-electron chi connectivity index (χ0n) is 18.2. The number of rotatable bonds is 14. The van der Waals surface area contributed by atoms with E-state index >= 15 is 0 Å². The summed E-state index contributed by atoms with van der Waals surface area (Å²) < 4.78 is 0. The quantitative estimate of drug-likeness (QED) is 0.125. The Bertz CT molecular complexity index is 726. The molecule has 0 bridgehead atoms. The zero-order valence-corrected chi connectivity index (χ0v) is 18.2. The molecule has 0 rings (SSSR count). The first kappa shape index (κ1) is 28.7. The summed E-state index contributed by atoms with van der Waals surface area (Å²) in [6.45, 7) is 4.55. The van der Waals surface area contributed by atoms with Crippen molar-refractivity contribution in [2.45, 2.75) is 70.3 Å². The van der Waals surface area contributed by atoms with Crippen LogP contribution in [0.3, 0.4) is 0 Å². The number of carbonyl (C=O) groups is 6. The Morgan fingerprint density at radius 2 is 1.34 bits per heavy atom. The highest BCUT2D eigenvalue weighted by Crippen LogP contribution is 2.04. The van der Waals surface area contributed by atoms with Gasteiger partial charge in [-0.1, -0.05) is 13.8 Å². The van der Waals surface area contributed by atoms with Crippen LogP contribution in [0, 0.1) is 5.92 Å². The SMILES string of the molecule is CC(C)C(N)C(=O)NC(C(=O)NC(CC(N)=O)C(=O)NC(CCC(N)=O)C(=O)O)C(C)O. The van der Waals surface area contributed by atoms with E-state index in [1.807, 2.05) is 0 Å². The first-order chi connectivity index (χ1) is 14.7. The van der Waals surface area contributed by atoms with Gasteiger partial charge in [0, 0.05) is 6.42 Å². The summed E-state index contributed by atoms with van der Waals surface area (Å²) >= 11 is 0. The van der Waals surface area contributed by atoms with Gasteiger partial charge in [-0.25, -0.2) is 4.79 Å². The molecule has 0 aliphatic carbocycles. The van der Waals surface area contributed by atoms with E-state index in [-0.39, 0.29) is 18.8 Å². The Morgan fingerprint density at radius 3 is 1.75 bits per heavy atom. The fourth-order valence-electron chi connectivity index (χ4n) is 2.45. The molecule has 0 radical (unpaired) electrons. The third kappa shape index (κ3) is 10.2. The van der Waals surface area contributed by atoms with E-state index in [2.05, 4.69) is 16.0 Å². The highest BCUT2D eigenvalue weighted by Gasteiger charge is 2.33. The highest BCUT2D eigenvalue weighted by atomic mass is 16.4. The second-order valence-electron chi connectivity index (χ2n) is 7.63. The standard InChI is InChI=1S/C18H32N6O8/c1-7(2)13(21)16(29)24-14(8(3)25)17(30)23-10(6-12(20)27)15(28)22-9(18(31)32)4-5-11(19)26/h7-10,13-14,25H,4-6,21H2,1-3H3,(H2,19,26)(H2,20,27)(H,22,28)(H,23,30)(H,24,29)(H,31,32). The number of carbonyl (C=O) groups excluding carboxylic acids is 5. The molecular formula is C18H32N6O8. The molecule has 11 N–H and O–H groups in total. The fraction of sp³-hybridized carbons (Fsp3) is 0.667. The average molecular weight is 460 g/mol. The smallest absolute Gasteiger partial charge is 0.326 e. The van der Waals surface area contributed by atoms with Crippen LogP contribution in [0.25, 0.3) is 0 Å². The molecule has 14 nitrogen and oxygen atoms in total. The number of carboxylic acids is 1. The van der Waals surface area contributed by atoms with Gasteiger partial charge in [0.15, 0.2) is 0 Å². The Labute approximate surface area is 184 Å². The molecule has 0 aromatic carbocycles. The van der Waals surface area contributed by atoms with Crippen molar-refractivity contribution in [3.8, 4) is 0 Å². The van der Waals surface area contributed by atoms with E-state index in [1.165, 1.54) is 6.92 Å². The Morgan fingerprint density at radius 1 is 0.812 bits per heavy atom. The highest BCUT2D eigenvalue weighted by molar-refractivity contribution is 5.96. The molecule has 0 aliphatic heterocycles. The van der Waals surface area contributed by atoms with Crippen LogP contribution in [0.15, 0.2) is 0 Å². The Kier molecular flexibility index (Phi) is 11.9. The first-order valence-corrected chi connectivity index (χ1v) is 9.81. The maximum Gasteiger partial charge on any atom is 0.326 e. The lowest BCUT2D eigenvalue weighted by Gasteiger charge is -2.26. The molecular weight excluding hydrogens is 428 g/mol. The normalized spacial score (nSPS) is 15.6. The predicted octanol–water partition coefficient (Wildman–Crippen LogP) is -3.97. The third-order valence-electron chi connectivity index (χ3n) is 4.42. The number of nitrogens with two attached hydrogens (primary N) is 3. The monoisotopic (exact) mass is 460 g/mol. The van der Waals surface area contributed by atoms with Crippen LogP contribution in [-0.2, 0) is 28.8 Å². The van der Waals surface area contributed by atoms with Crippen molar-refractivity contribution in [3.05, 3.63) is 0 Å². The maximum absolute atomic E-state index is 12.6. The average Bonchev–Trinajstić information content (AvgIpc) is 2.66. The van der Waals surface area contributed by atoms with E-state index in [9.17, 15) is 39.0 Å². The topological polar surface area (TPSA) is 257 Å². The Hall–Kier alpha value is -3.26. The summed E-state index contributed by atoms with van der Waals surface area (Å²) in [5.41, 5.74) is 15.8. The summed E-state index contributed by atoms with van der Waals surface area (Å²) in [4.78, 5) is 70.8. The van der Waals surface area contributed by atoms with Crippen molar-refractivity contribution >= 4 is 35.5 Å². The van der Waals surface area contributed by atoms with Gasteiger partial charge < -0.3 is 43.4 Å². The molecule has 0 saturated heterocycles. The fourth-order valence-corrected chi connectivity index (χ4v) is 2.45. The number of aliphatic hydroxyl groups excluding tert-OH is 1. The lowest BCUT2D eigenvalue weighted by Crippen LogP contribution is -2.60. The number of carboxylic acid groups (broad SMARTS) is 1. The van der Waals surface area contributed by atoms with Gasteiger partial charge >= 0.3 is 5.97 Å². The molecule has 14 heteroatoms. The van der Waals surface area contributed by atoms with E-state index in [1.54, 1.807) is 13.8 Å². The molecule has 0 aromatic rings. The molecule has 0 aromatic heterocycles. The van der Waals surface area contributed by atoms with Crippen LogP contribution < -0.4 is 33.2 Å². The van der Waals surface area contributed by atoms with Crippen molar-refractivity contribution in [2.24, 2.45) is 23.1 Å². The third-order valence-corrected chi connectivity index (χ3v) is 4.42. The summed E-state index contributed by atoms with van der Waals surface area (Å²) in [6.07, 6.45) is -2.77. The number of nitrogens with one attached hydrogen (secondary N) is 3. The van der Waals surface area contributed by atoms with Crippen LogP contribution >= 0.6 is 0 Å². The van der Waals surface area contributed by atoms with E-state index in [0.717, 1.165) is 0 Å². The second-order valence-corrected chi connectivity index (χ2v) is 7.63. The molecule has 0 aliphatic rings. The molecule has 5 atom stereocenters. The zero-order chi connectivity index (χ0) is 25.2. The first-order valence-electron chi connectivity index (χ1n) is 9.81. The van der Waals surface area contributed by atoms with Gasteiger partial charge in [-0.3, -0.25) is 24.0 Å². The van der Waals surface area contributed by atoms with Gasteiger partial charge in [0.05, 0.1) is 18.6 Å². The molecule has 0 fully saturated rings. The largest absolute Gasteiger partial charge is 0.480 e. The van der Waals surface area contributed by atoms with Crippen molar-refractivity contribution in [1.29, 1.82) is 0 Å². The lowest BCUT2D eigenvalue weighted by molar-refractivity contribution is -0.143. The van der Waals surface area contributed by atoms with E-state index in [4.69, 9.17) is 17.2 Å². The minimum Gasteiger partial charge on any atom is -0.480 e. The van der Waals surface area contributed by atoms with Gasteiger partial charge in [0.2, 0.25) is 29.5 Å². The summed E-state index contributed by atoms with van der Waals surface area (Å²) in [6, 6.07) is -5.65. The number of aliphatic carboxylic acids is 1. The number of aliphatic hydroxyl groups is 1. The maximum atomic E-state index is 12.6. The van der Waals surface area contributed by atoms with Gasteiger partial charge in [0.25, 0.3) is 0 Å². The van der Waals surface area contributed by atoms with Crippen LogP contribution in [-0.4, -0.2) is 76.0 Å². The molecule has 0 saturated carbocycles.